The van der Waals surface area contributed by atoms with Crippen molar-refractivity contribution in [3.63, 3.8) is 0 Å². The molecular formula is C13H19N3O. The van der Waals surface area contributed by atoms with Gasteiger partial charge in [0.15, 0.2) is 0 Å². The Morgan fingerprint density at radius 3 is 3.00 bits per heavy atom. The van der Waals surface area contributed by atoms with Crippen LogP contribution in [0.15, 0.2) is 35.4 Å². The van der Waals surface area contributed by atoms with Crippen molar-refractivity contribution in [2.45, 2.75) is 25.8 Å². The van der Waals surface area contributed by atoms with E-state index in [4.69, 9.17) is 4.42 Å². The lowest BCUT2D eigenvalue weighted by atomic mass is 10.0. The number of nitrogens with one attached hydrogen (secondary N) is 1. The molecule has 17 heavy (non-hydrogen) atoms. The average molecular weight is 233 g/mol. The summed E-state index contributed by atoms with van der Waals surface area (Å²) >= 11 is 0. The van der Waals surface area contributed by atoms with Crippen molar-refractivity contribution < 1.29 is 4.42 Å². The number of aryl methyl sites for hydroxylation is 2. The Hall–Kier alpha value is -1.55. The molecule has 0 aliphatic carbocycles. The van der Waals surface area contributed by atoms with Crippen molar-refractivity contribution in [1.29, 1.82) is 0 Å². The molecule has 2 aromatic heterocycles. The predicted molar refractivity (Wildman–Crippen MR) is 66.7 cm³/mol. The SMILES string of the molecule is CCNC(CCc1cnn(C)c1)c1ccoc1. The smallest absolute Gasteiger partial charge is 0.0950 e. The standard InChI is InChI=1S/C13H19N3O/c1-3-14-13(12-6-7-17-10-12)5-4-11-8-15-16(2)9-11/h6-10,13-14H,3-5H2,1-2H3. The summed E-state index contributed by atoms with van der Waals surface area (Å²) in [5, 5.41) is 7.66. The van der Waals surface area contributed by atoms with E-state index in [1.807, 2.05) is 30.3 Å². The lowest BCUT2D eigenvalue weighted by Crippen LogP contribution is -2.20. The summed E-state index contributed by atoms with van der Waals surface area (Å²) in [6.45, 7) is 3.08. The van der Waals surface area contributed by atoms with E-state index in [1.165, 1.54) is 11.1 Å². The molecule has 0 fully saturated rings. The van der Waals surface area contributed by atoms with E-state index in [9.17, 15) is 0 Å². The van der Waals surface area contributed by atoms with Crippen LogP contribution in [0.5, 0.6) is 0 Å². The highest BCUT2D eigenvalue weighted by atomic mass is 16.3. The summed E-state index contributed by atoms with van der Waals surface area (Å²) in [7, 11) is 1.95. The molecule has 1 atom stereocenters. The molecule has 0 saturated carbocycles. The number of aromatic nitrogens is 2. The molecule has 0 radical (unpaired) electrons. The zero-order chi connectivity index (χ0) is 12.1. The topological polar surface area (TPSA) is 43.0 Å². The third-order valence-corrected chi connectivity index (χ3v) is 2.88. The van der Waals surface area contributed by atoms with E-state index in [1.54, 1.807) is 6.26 Å². The Labute approximate surface area is 102 Å². The van der Waals surface area contributed by atoms with Crippen molar-refractivity contribution in [1.82, 2.24) is 15.1 Å². The molecule has 92 valence electrons. The molecule has 0 bridgehead atoms. The first-order valence-electron chi connectivity index (χ1n) is 6.02. The lowest BCUT2D eigenvalue weighted by molar-refractivity contribution is 0.501. The van der Waals surface area contributed by atoms with E-state index in [0.29, 0.717) is 6.04 Å². The third kappa shape index (κ3) is 3.20. The van der Waals surface area contributed by atoms with Gasteiger partial charge < -0.3 is 9.73 Å². The minimum Gasteiger partial charge on any atom is -0.472 e. The first-order valence-corrected chi connectivity index (χ1v) is 6.02. The molecule has 2 rings (SSSR count). The maximum atomic E-state index is 5.14. The van der Waals surface area contributed by atoms with Crippen molar-refractivity contribution in [3.8, 4) is 0 Å². The summed E-state index contributed by atoms with van der Waals surface area (Å²) < 4.78 is 6.98. The highest BCUT2D eigenvalue weighted by molar-refractivity contribution is 5.13. The fraction of sp³-hybridized carbons (Fsp3) is 0.462. The number of furan rings is 1. The van der Waals surface area contributed by atoms with Gasteiger partial charge in [0.25, 0.3) is 0 Å². The van der Waals surface area contributed by atoms with Crippen molar-refractivity contribution in [3.05, 3.63) is 42.1 Å². The van der Waals surface area contributed by atoms with Crippen molar-refractivity contribution >= 4 is 0 Å². The molecular weight excluding hydrogens is 214 g/mol. The van der Waals surface area contributed by atoms with Crippen LogP contribution in [-0.4, -0.2) is 16.3 Å². The highest BCUT2D eigenvalue weighted by Crippen LogP contribution is 2.19. The highest BCUT2D eigenvalue weighted by Gasteiger charge is 2.11. The zero-order valence-corrected chi connectivity index (χ0v) is 10.4. The maximum absolute atomic E-state index is 5.14. The van der Waals surface area contributed by atoms with Crippen LogP contribution in [0.4, 0.5) is 0 Å². The van der Waals surface area contributed by atoms with Gasteiger partial charge in [0.05, 0.1) is 18.7 Å². The second-order valence-electron chi connectivity index (χ2n) is 4.23. The minimum atomic E-state index is 0.360. The summed E-state index contributed by atoms with van der Waals surface area (Å²) in [5.74, 6) is 0. The van der Waals surface area contributed by atoms with E-state index in [2.05, 4.69) is 23.5 Å². The summed E-state index contributed by atoms with van der Waals surface area (Å²) in [4.78, 5) is 0. The molecule has 2 heterocycles. The predicted octanol–water partition coefficient (Wildman–Crippen LogP) is 2.30. The Morgan fingerprint density at radius 1 is 1.53 bits per heavy atom. The van der Waals surface area contributed by atoms with E-state index < -0.39 is 0 Å². The Morgan fingerprint density at radius 2 is 2.41 bits per heavy atom. The van der Waals surface area contributed by atoms with E-state index in [-0.39, 0.29) is 0 Å². The first-order chi connectivity index (χ1) is 8.29. The van der Waals surface area contributed by atoms with Crippen LogP contribution in [0, 0.1) is 0 Å². The molecule has 0 aliphatic rings. The Balaban J connectivity index is 1.94. The quantitative estimate of drug-likeness (QED) is 0.832. The van der Waals surface area contributed by atoms with Gasteiger partial charge in [-0.3, -0.25) is 4.68 Å². The van der Waals surface area contributed by atoms with Crippen LogP contribution in [0.25, 0.3) is 0 Å². The first kappa shape index (κ1) is 11.9. The summed E-state index contributed by atoms with van der Waals surface area (Å²) in [5.41, 5.74) is 2.50. The molecule has 0 spiro atoms. The van der Waals surface area contributed by atoms with Gasteiger partial charge in [0.1, 0.15) is 0 Å². The van der Waals surface area contributed by atoms with Gasteiger partial charge in [-0.1, -0.05) is 6.92 Å². The second-order valence-corrected chi connectivity index (χ2v) is 4.23. The van der Waals surface area contributed by atoms with Crippen LogP contribution >= 0.6 is 0 Å². The number of nitrogens with zero attached hydrogens (tertiary/aromatic N) is 2. The van der Waals surface area contributed by atoms with Gasteiger partial charge in [-0.25, -0.2) is 0 Å². The number of hydrogen-bond acceptors (Lipinski definition) is 3. The molecule has 1 unspecified atom stereocenters. The molecule has 4 heteroatoms. The molecule has 0 saturated heterocycles. The van der Waals surface area contributed by atoms with Gasteiger partial charge in [0, 0.05) is 24.8 Å². The summed E-state index contributed by atoms with van der Waals surface area (Å²) in [6, 6.07) is 2.38. The lowest BCUT2D eigenvalue weighted by Gasteiger charge is -2.15. The van der Waals surface area contributed by atoms with Gasteiger partial charge in [-0.2, -0.15) is 5.10 Å². The van der Waals surface area contributed by atoms with Crippen molar-refractivity contribution in [2.24, 2.45) is 7.05 Å². The second kappa shape index (κ2) is 5.68. The fourth-order valence-electron chi connectivity index (χ4n) is 2.02. The average Bonchev–Trinajstić information content (AvgIpc) is 2.95. The van der Waals surface area contributed by atoms with Gasteiger partial charge in [0.2, 0.25) is 0 Å². The monoisotopic (exact) mass is 233 g/mol. The van der Waals surface area contributed by atoms with Gasteiger partial charge in [-0.05, 0) is 31.0 Å². The minimum absolute atomic E-state index is 0.360. The van der Waals surface area contributed by atoms with Crippen LogP contribution < -0.4 is 5.32 Å². The van der Waals surface area contributed by atoms with Gasteiger partial charge >= 0.3 is 0 Å². The molecule has 0 aliphatic heterocycles. The molecule has 0 aromatic carbocycles. The normalized spacial score (nSPS) is 12.8. The molecule has 1 N–H and O–H groups in total. The van der Waals surface area contributed by atoms with E-state index in [0.717, 1.165) is 19.4 Å². The van der Waals surface area contributed by atoms with E-state index >= 15 is 0 Å². The van der Waals surface area contributed by atoms with Gasteiger partial charge in [-0.15, -0.1) is 0 Å². The fourth-order valence-corrected chi connectivity index (χ4v) is 2.02. The third-order valence-electron chi connectivity index (χ3n) is 2.88. The molecule has 4 nitrogen and oxygen atoms in total. The Bertz CT molecular complexity index is 433. The van der Waals surface area contributed by atoms with Crippen LogP contribution in [0.1, 0.15) is 30.5 Å². The Kier molecular flexibility index (Phi) is 3.98. The summed E-state index contributed by atoms with van der Waals surface area (Å²) in [6.07, 6.45) is 9.62. The number of hydrogen-bond donors (Lipinski definition) is 1. The maximum Gasteiger partial charge on any atom is 0.0950 e. The van der Waals surface area contributed by atoms with Crippen LogP contribution in [-0.2, 0) is 13.5 Å². The zero-order valence-electron chi connectivity index (χ0n) is 10.4. The van der Waals surface area contributed by atoms with Crippen LogP contribution in [0.2, 0.25) is 0 Å². The number of rotatable bonds is 6. The van der Waals surface area contributed by atoms with Crippen molar-refractivity contribution in [2.75, 3.05) is 6.54 Å². The molecule has 0 amide bonds. The van der Waals surface area contributed by atoms with Crippen LogP contribution in [0.3, 0.4) is 0 Å². The molecule has 2 aromatic rings. The largest absolute Gasteiger partial charge is 0.472 e.